The largest absolute Gasteiger partial charge is 0.497 e. The molecule has 1 amide bonds. The van der Waals surface area contributed by atoms with Crippen molar-refractivity contribution in [3.05, 3.63) is 53.8 Å². The van der Waals surface area contributed by atoms with E-state index in [1.807, 2.05) is 30.3 Å². The number of carbonyl (C=O) groups is 1. The summed E-state index contributed by atoms with van der Waals surface area (Å²) < 4.78 is 19.6. The molecule has 0 spiro atoms. The van der Waals surface area contributed by atoms with E-state index >= 15 is 0 Å². The molecule has 0 radical (unpaired) electrons. The Morgan fingerprint density at radius 2 is 2.04 bits per heavy atom. The van der Waals surface area contributed by atoms with Gasteiger partial charge in [-0.2, -0.15) is 0 Å². The van der Waals surface area contributed by atoms with Crippen molar-refractivity contribution in [2.75, 3.05) is 25.6 Å². The fourth-order valence-electron chi connectivity index (χ4n) is 2.35. The topological polar surface area (TPSA) is 54.5 Å². The van der Waals surface area contributed by atoms with Crippen molar-refractivity contribution in [1.82, 2.24) is 10.3 Å². The Labute approximate surface area is 149 Å². The number of anilines is 1. The number of hydrogen-bond acceptors (Lipinski definition) is 5. The summed E-state index contributed by atoms with van der Waals surface area (Å²) in [4.78, 5) is 18.1. The van der Waals surface area contributed by atoms with E-state index in [9.17, 15) is 9.18 Å². The zero-order valence-corrected chi connectivity index (χ0v) is 14.8. The normalized spacial score (nSPS) is 10.7. The molecule has 0 saturated heterocycles. The van der Waals surface area contributed by atoms with Crippen LogP contribution < -0.4 is 15.0 Å². The van der Waals surface area contributed by atoms with Gasteiger partial charge in [-0.05, 0) is 29.8 Å². The average Bonchev–Trinajstić information content (AvgIpc) is 3.06. The molecule has 0 saturated carbocycles. The molecule has 0 unspecified atom stereocenters. The van der Waals surface area contributed by atoms with E-state index in [1.165, 1.54) is 17.4 Å². The number of nitrogens with one attached hydrogen (secondary N) is 1. The number of carbonyl (C=O) groups excluding carboxylic acids is 1. The second kappa shape index (κ2) is 7.48. The first-order chi connectivity index (χ1) is 12.1. The molecule has 0 aliphatic heterocycles. The van der Waals surface area contributed by atoms with Crippen molar-refractivity contribution in [3.63, 3.8) is 0 Å². The zero-order chi connectivity index (χ0) is 17.8. The predicted octanol–water partition coefficient (Wildman–Crippen LogP) is 3.20. The van der Waals surface area contributed by atoms with Crippen molar-refractivity contribution < 1.29 is 13.9 Å². The van der Waals surface area contributed by atoms with Crippen molar-refractivity contribution in [2.45, 2.75) is 6.54 Å². The molecule has 3 aromatic rings. The molecule has 0 fully saturated rings. The third kappa shape index (κ3) is 4.06. The van der Waals surface area contributed by atoms with Crippen molar-refractivity contribution in [3.8, 4) is 5.75 Å². The summed E-state index contributed by atoms with van der Waals surface area (Å²) in [6.45, 7) is 0.586. The highest BCUT2D eigenvalue weighted by Gasteiger charge is 2.13. The zero-order valence-electron chi connectivity index (χ0n) is 14.0. The molecule has 0 bridgehead atoms. The molecule has 1 heterocycles. The van der Waals surface area contributed by atoms with Gasteiger partial charge in [0.25, 0.3) is 0 Å². The van der Waals surface area contributed by atoms with Crippen LogP contribution in [0.1, 0.15) is 5.56 Å². The maximum atomic E-state index is 13.7. The first kappa shape index (κ1) is 17.2. The molecule has 5 nitrogen and oxygen atoms in total. The quantitative estimate of drug-likeness (QED) is 0.734. The number of para-hydroxylation sites is 1. The standard InChI is InChI=1S/C18H18FN3O2S/c1-22(18-21-17-14(19)4-3-5-15(17)25-18)11-16(23)20-10-12-6-8-13(24-2)9-7-12/h3-9H,10-11H2,1-2H3,(H,20,23). The van der Waals surface area contributed by atoms with Crippen LogP contribution in [0, 0.1) is 5.82 Å². The smallest absolute Gasteiger partial charge is 0.239 e. The number of fused-ring (bicyclic) bond motifs is 1. The maximum absolute atomic E-state index is 13.7. The van der Waals surface area contributed by atoms with E-state index in [0.717, 1.165) is 16.0 Å². The van der Waals surface area contributed by atoms with Gasteiger partial charge in [0.05, 0.1) is 18.4 Å². The number of thiazole rings is 1. The van der Waals surface area contributed by atoms with Gasteiger partial charge in [-0.25, -0.2) is 9.37 Å². The molecule has 130 valence electrons. The molecule has 2 aromatic carbocycles. The lowest BCUT2D eigenvalue weighted by Gasteiger charge is -2.15. The van der Waals surface area contributed by atoms with E-state index in [-0.39, 0.29) is 18.3 Å². The van der Waals surface area contributed by atoms with Crippen LogP contribution in [-0.2, 0) is 11.3 Å². The lowest BCUT2D eigenvalue weighted by molar-refractivity contribution is -0.119. The summed E-state index contributed by atoms with van der Waals surface area (Å²) in [6, 6.07) is 12.4. The Hall–Kier alpha value is -2.67. The highest BCUT2D eigenvalue weighted by molar-refractivity contribution is 7.22. The summed E-state index contributed by atoms with van der Waals surface area (Å²) in [7, 11) is 3.38. The molecular weight excluding hydrogens is 341 g/mol. The number of hydrogen-bond donors (Lipinski definition) is 1. The number of benzene rings is 2. The van der Waals surface area contributed by atoms with Gasteiger partial charge in [0.15, 0.2) is 5.13 Å². The Kier molecular flexibility index (Phi) is 5.14. The van der Waals surface area contributed by atoms with E-state index in [0.29, 0.717) is 17.2 Å². The Morgan fingerprint density at radius 1 is 1.28 bits per heavy atom. The Bertz CT molecular complexity index is 880. The van der Waals surface area contributed by atoms with Gasteiger partial charge in [0, 0.05) is 13.6 Å². The molecule has 25 heavy (non-hydrogen) atoms. The summed E-state index contributed by atoms with van der Waals surface area (Å²) in [5, 5.41) is 3.47. The molecule has 1 N–H and O–H groups in total. The third-order valence-electron chi connectivity index (χ3n) is 3.71. The van der Waals surface area contributed by atoms with Crippen LogP contribution >= 0.6 is 11.3 Å². The van der Waals surface area contributed by atoms with Gasteiger partial charge < -0.3 is 15.0 Å². The minimum Gasteiger partial charge on any atom is -0.497 e. The van der Waals surface area contributed by atoms with E-state index in [4.69, 9.17) is 4.74 Å². The number of rotatable bonds is 6. The number of methoxy groups -OCH3 is 1. The van der Waals surface area contributed by atoms with Gasteiger partial charge in [0.2, 0.25) is 5.91 Å². The summed E-state index contributed by atoms with van der Waals surface area (Å²) in [5.41, 5.74) is 1.33. The predicted molar refractivity (Wildman–Crippen MR) is 97.7 cm³/mol. The van der Waals surface area contributed by atoms with Gasteiger partial charge in [0.1, 0.15) is 17.1 Å². The van der Waals surface area contributed by atoms with Crippen LogP contribution in [0.15, 0.2) is 42.5 Å². The Morgan fingerprint density at radius 3 is 2.72 bits per heavy atom. The van der Waals surface area contributed by atoms with Crippen LogP contribution in [0.4, 0.5) is 9.52 Å². The number of nitrogens with zero attached hydrogens (tertiary/aromatic N) is 2. The van der Waals surface area contributed by atoms with Gasteiger partial charge in [-0.3, -0.25) is 4.79 Å². The first-order valence-corrected chi connectivity index (χ1v) is 8.54. The van der Waals surface area contributed by atoms with Crippen molar-refractivity contribution in [1.29, 1.82) is 0 Å². The van der Waals surface area contributed by atoms with Gasteiger partial charge in [-0.15, -0.1) is 0 Å². The fourth-order valence-corrected chi connectivity index (χ4v) is 3.29. The molecule has 1 aromatic heterocycles. The minimum atomic E-state index is -0.350. The maximum Gasteiger partial charge on any atom is 0.239 e. The number of aromatic nitrogens is 1. The molecular formula is C18H18FN3O2S. The van der Waals surface area contributed by atoms with E-state index < -0.39 is 0 Å². The summed E-state index contributed by atoms with van der Waals surface area (Å²) >= 11 is 1.36. The van der Waals surface area contributed by atoms with Crippen LogP contribution in [-0.4, -0.2) is 31.6 Å². The summed E-state index contributed by atoms with van der Waals surface area (Å²) in [6.07, 6.45) is 0. The van der Waals surface area contributed by atoms with Crippen molar-refractivity contribution >= 4 is 32.6 Å². The highest BCUT2D eigenvalue weighted by atomic mass is 32.1. The minimum absolute atomic E-state index is 0.127. The lowest BCUT2D eigenvalue weighted by Crippen LogP contribution is -2.34. The SMILES string of the molecule is COc1ccc(CNC(=O)CN(C)c2nc3c(F)cccc3s2)cc1. The number of ether oxygens (including phenoxy) is 1. The second-order valence-electron chi connectivity index (χ2n) is 5.56. The molecule has 0 atom stereocenters. The lowest BCUT2D eigenvalue weighted by atomic mass is 10.2. The van der Waals surface area contributed by atoms with E-state index in [2.05, 4.69) is 10.3 Å². The number of likely N-dealkylation sites (N-methyl/N-ethyl adjacent to an activating group) is 1. The molecule has 7 heteroatoms. The fraction of sp³-hybridized carbons (Fsp3) is 0.222. The van der Waals surface area contributed by atoms with Crippen molar-refractivity contribution in [2.24, 2.45) is 0 Å². The Balaban J connectivity index is 1.58. The first-order valence-electron chi connectivity index (χ1n) is 7.72. The van der Waals surface area contributed by atoms with Crippen LogP contribution in [0.3, 0.4) is 0 Å². The second-order valence-corrected chi connectivity index (χ2v) is 6.57. The van der Waals surface area contributed by atoms with Crippen LogP contribution in [0.2, 0.25) is 0 Å². The summed E-state index contributed by atoms with van der Waals surface area (Å²) in [5.74, 6) is 0.299. The van der Waals surface area contributed by atoms with Crippen LogP contribution in [0.25, 0.3) is 10.2 Å². The number of halogens is 1. The third-order valence-corrected chi connectivity index (χ3v) is 4.85. The van der Waals surface area contributed by atoms with Gasteiger partial charge >= 0.3 is 0 Å². The van der Waals surface area contributed by atoms with Gasteiger partial charge in [-0.1, -0.05) is 29.5 Å². The highest BCUT2D eigenvalue weighted by Crippen LogP contribution is 2.29. The molecule has 0 aliphatic rings. The molecule has 3 rings (SSSR count). The van der Waals surface area contributed by atoms with E-state index in [1.54, 1.807) is 25.1 Å². The number of amides is 1. The molecule has 0 aliphatic carbocycles. The average molecular weight is 359 g/mol. The monoisotopic (exact) mass is 359 g/mol. The van der Waals surface area contributed by atoms with Crippen LogP contribution in [0.5, 0.6) is 5.75 Å².